The molecule has 1 unspecified atom stereocenters. The number of carbonyl (C=O) groups excluding carboxylic acids is 3. The van der Waals surface area contributed by atoms with Crippen LogP contribution < -0.4 is 5.32 Å². The Kier molecular flexibility index (Phi) is 7.95. The molecular weight excluding hydrogens is 541 g/mol. The van der Waals surface area contributed by atoms with Crippen LogP contribution in [0.3, 0.4) is 0 Å². The van der Waals surface area contributed by atoms with Crippen LogP contribution in [-0.4, -0.2) is 30.2 Å². The molecule has 1 N–H and O–H groups in total. The highest BCUT2D eigenvalue weighted by Gasteiger charge is 2.66. The van der Waals surface area contributed by atoms with Crippen molar-refractivity contribution in [3.8, 4) is 6.07 Å². The number of ketones is 2. The number of alkyl halides is 3. The third-order valence-corrected chi connectivity index (χ3v) is 12.9. The first-order chi connectivity index (χ1) is 19.1. The van der Waals surface area contributed by atoms with E-state index < -0.39 is 34.9 Å². The van der Waals surface area contributed by atoms with Crippen LogP contribution in [0.5, 0.6) is 0 Å². The molecule has 0 spiro atoms. The van der Waals surface area contributed by atoms with Crippen molar-refractivity contribution >= 4 is 17.5 Å². The molecule has 3 saturated carbocycles. The maximum absolute atomic E-state index is 13.6. The summed E-state index contributed by atoms with van der Waals surface area (Å²) >= 11 is 0. The number of amides is 1. The Morgan fingerprint density at radius 2 is 1.62 bits per heavy atom. The van der Waals surface area contributed by atoms with E-state index in [-0.39, 0.29) is 51.1 Å². The largest absolute Gasteiger partial charge is 0.405 e. The third kappa shape index (κ3) is 5.15. The molecule has 4 aliphatic rings. The fourth-order valence-corrected chi connectivity index (χ4v) is 10.4. The van der Waals surface area contributed by atoms with Gasteiger partial charge in [-0.05, 0) is 97.7 Å². The number of hydrogen-bond donors (Lipinski definition) is 1. The number of nitriles is 1. The van der Waals surface area contributed by atoms with Gasteiger partial charge >= 0.3 is 6.18 Å². The van der Waals surface area contributed by atoms with Gasteiger partial charge in [-0.25, -0.2) is 0 Å². The Bertz CT molecular complexity index is 1230. The van der Waals surface area contributed by atoms with Crippen LogP contribution in [0.1, 0.15) is 113 Å². The number of halogens is 3. The molecule has 0 saturated heterocycles. The predicted molar refractivity (Wildman–Crippen MR) is 155 cm³/mol. The molecule has 5 nitrogen and oxygen atoms in total. The van der Waals surface area contributed by atoms with E-state index in [0.29, 0.717) is 32.1 Å². The molecule has 0 heterocycles. The van der Waals surface area contributed by atoms with Crippen molar-refractivity contribution in [1.82, 2.24) is 5.32 Å². The second-order valence-electron chi connectivity index (χ2n) is 16.3. The van der Waals surface area contributed by atoms with Crippen LogP contribution in [0.2, 0.25) is 0 Å². The zero-order valence-corrected chi connectivity index (χ0v) is 26.7. The first-order valence-electron chi connectivity index (χ1n) is 15.6. The number of nitrogens with zero attached hydrogens (tertiary/aromatic N) is 1. The normalized spacial score (nSPS) is 41.0. The predicted octanol–water partition coefficient (Wildman–Crippen LogP) is 7.74. The Morgan fingerprint density at radius 1 is 1.00 bits per heavy atom. The van der Waals surface area contributed by atoms with Crippen molar-refractivity contribution in [2.45, 2.75) is 119 Å². The quantitative estimate of drug-likeness (QED) is 0.355. The van der Waals surface area contributed by atoms with Crippen LogP contribution in [-0.2, 0) is 14.4 Å². The zero-order valence-electron chi connectivity index (χ0n) is 26.7. The molecular formula is C34H49F3N2O3. The van der Waals surface area contributed by atoms with Crippen molar-refractivity contribution < 1.29 is 27.6 Å². The Balaban J connectivity index is 1.78. The maximum atomic E-state index is 13.6. The number of fused-ring (bicyclic) bond motifs is 2. The molecule has 4 aliphatic carbocycles. The highest BCUT2D eigenvalue weighted by Crippen LogP contribution is 2.72. The molecule has 4 rings (SSSR count). The fourth-order valence-electron chi connectivity index (χ4n) is 10.4. The van der Waals surface area contributed by atoms with E-state index in [4.69, 9.17) is 0 Å². The van der Waals surface area contributed by atoms with Crippen molar-refractivity contribution in [3.05, 3.63) is 11.6 Å². The lowest BCUT2D eigenvalue weighted by molar-refractivity contribution is -0.183. The van der Waals surface area contributed by atoms with E-state index in [1.54, 1.807) is 6.92 Å². The Morgan fingerprint density at radius 3 is 2.19 bits per heavy atom. The first kappa shape index (κ1) is 32.7. The lowest BCUT2D eigenvalue weighted by Gasteiger charge is -2.67. The van der Waals surface area contributed by atoms with Gasteiger partial charge in [0, 0.05) is 11.8 Å². The van der Waals surface area contributed by atoms with Crippen molar-refractivity contribution in [2.24, 2.45) is 50.2 Å². The van der Waals surface area contributed by atoms with E-state index in [1.807, 2.05) is 19.9 Å². The van der Waals surface area contributed by atoms with Gasteiger partial charge in [0.15, 0.2) is 5.78 Å². The molecule has 0 radical (unpaired) electrons. The minimum Gasteiger partial charge on any atom is -0.346 e. The lowest BCUT2D eigenvalue weighted by atomic mass is 9.36. The molecule has 0 aliphatic heterocycles. The van der Waals surface area contributed by atoms with Crippen molar-refractivity contribution in [2.75, 3.05) is 6.54 Å². The van der Waals surface area contributed by atoms with Crippen LogP contribution in [0, 0.1) is 61.6 Å². The van der Waals surface area contributed by atoms with Crippen LogP contribution in [0.15, 0.2) is 11.6 Å². The standard InChI is InChI=1S/C34H49F3N2O3/c1-21(40)15-25-31(7)16-22(19-38)26(41)29(4,5)24(31)9-10-32(25,8)30(6)12-14-33(27(42)39-20-34(35,36)37)13-11-28(2,3)17-23(33)18-30/h16,23-25H,9-15,17-18,20H2,1-8H3,(H,39,42)/t23?,24-,25+,30+,31-,32+,33-/m0/s1. The minimum absolute atomic E-state index is 0.0277. The molecule has 234 valence electrons. The second-order valence-corrected chi connectivity index (χ2v) is 16.3. The summed E-state index contributed by atoms with van der Waals surface area (Å²) in [6, 6.07) is 2.15. The van der Waals surface area contributed by atoms with Crippen molar-refractivity contribution in [1.29, 1.82) is 5.26 Å². The van der Waals surface area contributed by atoms with Gasteiger partial charge in [0.05, 0.1) is 11.0 Å². The second kappa shape index (κ2) is 10.2. The van der Waals surface area contributed by atoms with E-state index >= 15 is 0 Å². The van der Waals surface area contributed by atoms with E-state index in [1.165, 1.54) is 0 Å². The van der Waals surface area contributed by atoms with E-state index in [0.717, 1.165) is 25.7 Å². The maximum Gasteiger partial charge on any atom is 0.405 e. The third-order valence-electron chi connectivity index (χ3n) is 12.9. The highest BCUT2D eigenvalue weighted by molar-refractivity contribution is 6.04. The Labute approximate surface area is 249 Å². The van der Waals surface area contributed by atoms with Gasteiger partial charge in [-0.3, -0.25) is 9.59 Å². The van der Waals surface area contributed by atoms with E-state index in [9.17, 15) is 32.8 Å². The average molecular weight is 591 g/mol. The number of hydrogen-bond acceptors (Lipinski definition) is 4. The summed E-state index contributed by atoms with van der Waals surface area (Å²) in [6.45, 7) is 15.1. The summed E-state index contributed by atoms with van der Waals surface area (Å²) in [6.07, 6.45) is 3.30. The first-order valence-corrected chi connectivity index (χ1v) is 15.6. The molecule has 8 heteroatoms. The zero-order chi connectivity index (χ0) is 31.7. The molecule has 0 aromatic rings. The topological polar surface area (TPSA) is 87.0 Å². The molecule has 0 aromatic carbocycles. The van der Waals surface area contributed by atoms with Gasteiger partial charge < -0.3 is 10.1 Å². The summed E-state index contributed by atoms with van der Waals surface area (Å²) in [7, 11) is 0. The summed E-state index contributed by atoms with van der Waals surface area (Å²) in [5, 5.41) is 12.2. The number of carbonyl (C=O) groups is 3. The van der Waals surface area contributed by atoms with Gasteiger partial charge in [-0.2, -0.15) is 18.4 Å². The summed E-state index contributed by atoms with van der Waals surface area (Å²) < 4.78 is 39.3. The summed E-state index contributed by atoms with van der Waals surface area (Å²) in [5.41, 5.74) is -2.64. The number of rotatable bonds is 5. The Hall–Kier alpha value is -2.17. The van der Waals surface area contributed by atoms with Crippen LogP contribution in [0.4, 0.5) is 13.2 Å². The fraction of sp³-hybridized carbons (Fsp3) is 0.824. The average Bonchev–Trinajstić information content (AvgIpc) is 2.86. The molecule has 7 atom stereocenters. The van der Waals surface area contributed by atoms with Gasteiger partial charge in [-0.15, -0.1) is 0 Å². The van der Waals surface area contributed by atoms with Crippen LogP contribution in [0.25, 0.3) is 0 Å². The number of allylic oxidation sites excluding steroid dienone is 2. The smallest absolute Gasteiger partial charge is 0.346 e. The molecule has 1 amide bonds. The van der Waals surface area contributed by atoms with Crippen molar-refractivity contribution in [3.63, 3.8) is 0 Å². The van der Waals surface area contributed by atoms with Gasteiger partial charge in [-0.1, -0.05) is 54.5 Å². The summed E-state index contributed by atoms with van der Waals surface area (Å²) in [5.74, 6) is -0.791. The summed E-state index contributed by atoms with van der Waals surface area (Å²) in [4.78, 5) is 39.8. The SMILES string of the molecule is CC(=O)C[C@@H]1[C@@]2(C)C=C(C#N)C(=O)C(C)(C)[C@@H]2CC[C@@]1(C)[C@]1(C)CC[C@@]2(C(=O)NCC(F)(F)F)CCC(C)(C)CC2C1. The molecule has 42 heavy (non-hydrogen) atoms. The van der Waals surface area contributed by atoms with Gasteiger partial charge in [0.2, 0.25) is 5.91 Å². The minimum atomic E-state index is -4.47. The highest BCUT2D eigenvalue weighted by atomic mass is 19.4. The molecule has 0 aromatic heterocycles. The van der Waals surface area contributed by atoms with E-state index in [2.05, 4.69) is 46.0 Å². The van der Waals surface area contributed by atoms with Gasteiger partial charge in [0.1, 0.15) is 18.4 Å². The molecule has 3 fully saturated rings. The van der Waals surface area contributed by atoms with Gasteiger partial charge in [0.25, 0.3) is 0 Å². The number of nitrogens with one attached hydrogen (secondary N) is 1. The van der Waals surface area contributed by atoms with Crippen LogP contribution >= 0.6 is 0 Å². The lowest BCUT2D eigenvalue weighted by Crippen LogP contribution is -2.63. The monoisotopic (exact) mass is 590 g/mol. The number of Topliss-reactive ketones (excluding diaryl/α,β-unsaturated/α-hetero) is 2. The molecule has 0 bridgehead atoms.